The summed E-state index contributed by atoms with van der Waals surface area (Å²) in [7, 11) is 0. The quantitative estimate of drug-likeness (QED) is 0.173. The zero-order valence-corrected chi connectivity index (χ0v) is 37.8. The molecular formula is C65H40N4O. The van der Waals surface area contributed by atoms with Crippen LogP contribution in [0.1, 0.15) is 22.6 Å². The van der Waals surface area contributed by atoms with Crippen molar-refractivity contribution in [2.24, 2.45) is 0 Å². The normalized spacial score (nSPS) is 13.5. The second-order valence-corrected chi connectivity index (χ2v) is 18.6. The minimum Gasteiger partial charge on any atom is -0.456 e. The van der Waals surface area contributed by atoms with Gasteiger partial charge in [0.05, 0.1) is 16.7 Å². The van der Waals surface area contributed by atoms with Crippen LogP contribution in [0.5, 0.6) is 0 Å². The third-order valence-corrected chi connectivity index (χ3v) is 14.8. The first-order valence-corrected chi connectivity index (χ1v) is 24.0. The van der Waals surface area contributed by atoms with Crippen LogP contribution < -0.4 is 0 Å². The van der Waals surface area contributed by atoms with Crippen LogP contribution in [0.3, 0.4) is 0 Å². The van der Waals surface area contributed by atoms with Gasteiger partial charge in [0.15, 0.2) is 17.5 Å². The molecule has 1 atom stereocenters. The van der Waals surface area contributed by atoms with Crippen LogP contribution in [-0.2, 0) is 6.42 Å². The van der Waals surface area contributed by atoms with E-state index in [9.17, 15) is 0 Å². The van der Waals surface area contributed by atoms with E-state index in [2.05, 4.69) is 217 Å². The van der Waals surface area contributed by atoms with Crippen LogP contribution >= 0.6 is 0 Å². The SMILES string of the molecule is c1ccc([C@H]2Cc3c(-c4nc(-c5cc6oc7ccccc7c6cc5-n5c6cc7ccccc7cc6c6c7ccccc7ccc65)nc(-c5cccc6ccccc56)n4)cccc3-c3ccccc32)cc1. The number of nitrogens with zero attached hydrogens (tertiary/aromatic N) is 4. The lowest BCUT2D eigenvalue weighted by molar-refractivity contribution is 0.669. The predicted octanol–water partition coefficient (Wildman–Crippen LogP) is 16.7. The van der Waals surface area contributed by atoms with Gasteiger partial charge in [0, 0.05) is 44.2 Å². The van der Waals surface area contributed by atoms with E-state index < -0.39 is 0 Å². The number of benzene rings is 11. The molecular weight excluding hydrogens is 853 g/mol. The second-order valence-electron chi connectivity index (χ2n) is 18.6. The second kappa shape index (κ2) is 15.2. The van der Waals surface area contributed by atoms with Gasteiger partial charge in [0.2, 0.25) is 0 Å². The molecule has 14 aromatic rings. The monoisotopic (exact) mass is 892 g/mol. The molecule has 0 saturated carbocycles. The van der Waals surface area contributed by atoms with Crippen molar-refractivity contribution in [3.63, 3.8) is 0 Å². The molecule has 5 heteroatoms. The van der Waals surface area contributed by atoms with Gasteiger partial charge in [-0.1, -0.05) is 188 Å². The number of hydrogen-bond acceptors (Lipinski definition) is 4. The molecule has 0 N–H and O–H groups in total. The standard InChI is InChI=1S/C65H40N4O/c1-2-16-40(17-3-1)52-36-53-48(46-25-10-11-26-47(46)52)28-15-30-51(53)64-66-63(50-29-14-22-39-18-6-8-23-44(39)50)67-65(68-64)56-38-61-54(49-27-12-13-31-60(49)70-61)37-59(56)69-57-33-32-41-19-7-9-24-45(41)62(57)55-34-42-20-4-5-21-43(42)35-58(55)69/h1-35,37-38,52H,36H2/t52-/m1/s1. The van der Waals surface area contributed by atoms with Crippen molar-refractivity contribution in [3.8, 4) is 51.0 Å². The van der Waals surface area contributed by atoms with Gasteiger partial charge in [-0.15, -0.1) is 0 Å². The Morgan fingerprint density at radius 2 is 0.971 bits per heavy atom. The van der Waals surface area contributed by atoms with E-state index in [0.717, 1.165) is 72.5 Å². The van der Waals surface area contributed by atoms with Crippen molar-refractivity contribution in [2.45, 2.75) is 12.3 Å². The largest absolute Gasteiger partial charge is 0.456 e. The molecule has 0 fully saturated rings. The summed E-state index contributed by atoms with van der Waals surface area (Å²) in [5, 5.41) is 11.4. The van der Waals surface area contributed by atoms with Crippen molar-refractivity contribution in [2.75, 3.05) is 0 Å². The zero-order valence-electron chi connectivity index (χ0n) is 37.8. The molecule has 0 aliphatic heterocycles. The van der Waals surface area contributed by atoms with Gasteiger partial charge in [-0.05, 0) is 103 Å². The summed E-state index contributed by atoms with van der Waals surface area (Å²) in [6, 6.07) is 80.7. The van der Waals surface area contributed by atoms with E-state index in [1.54, 1.807) is 0 Å². The highest BCUT2D eigenvalue weighted by Crippen LogP contribution is 2.47. The highest BCUT2D eigenvalue weighted by Gasteiger charge is 2.30. The van der Waals surface area contributed by atoms with Gasteiger partial charge in [-0.3, -0.25) is 0 Å². The molecule has 70 heavy (non-hydrogen) atoms. The first-order valence-electron chi connectivity index (χ1n) is 24.0. The van der Waals surface area contributed by atoms with E-state index in [1.165, 1.54) is 60.1 Å². The lowest BCUT2D eigenvalue weighted by Crippen LogP contribution is -2.14. The highest BCUT2D eigenvalue weighted by atomic mass is 16.3. The molecule has 3 aromatic heterocycles. The Hall–Kier alpha value is -9.19. The third-order valence-electron chi connectivity index (χ3n) is 14.8. The van der Waals surface area contributed by atoms with Crippen molar-refractivity contribution in [3.05, 3.63) is 241 Å². The van der Waals surface area contributed by atoms with Crippen LogP contribution in [-0.4, -0.2) is 19.5 Å². The number of rotatable bonds is 5. The highest BCUT2D eigenvalue weighted by molar-refractivity contribution is 6.23. The molecule has 0 radical (unpaired) electrons. The van der Waals surface area contributed by atoms with E-state index in [0.29, 0.717) is 17.5 Å². The minimum absolute atomic E-state index is 0.162. The first kappa shape index (κ1) is 38.9. The smallest absolute Gasteiger partial charge is 0.166 e. The Morgan fingerprint density at radius 3 is 1.81 bits per heavy atom. The summed E-state index contributed by atoms with van der Waals surface area (Å²) in [6.45, 7) is 0. The molecule has 15 rings (SSSR count). The summed E-state index contributed by atoms with van der Waals surface area (Å²) in [6.07, 6.45) is 0.802. The maximum atomic E-state index is 6.75. The topological polar surface area (TPSA) is 56.7 Å². The third kappa shape index (κ3) is 5.88. The van der Waals surface area contributed by atoms with Gasteiger partial charge in [-0.2, -0.15) is 0 Å². The van der Waals surface area contributed by atoms with Gasteiger partial charge in [-0.25, -0.2) is 15.0 Å². The molecule has 0 spiro atoms. The lowest BCUT2D eigenvalue weighted by atomic mass is 9.74. The summed E-state index contributed by atoms with van der Waals surface area (Å²) in [5.41, 5.74) is 13.9. The van der Waals surface area contributed by atoms with E-state index in [4.69, 9.17) is 19.4 Å². The van der Waals surface area contributed by atoms with Crippen molar-refractivity contribution in [1.29, 1.82) is 0 Å². The van der Waals surface area contributed by atoms with Gasteiger partial charge < -0.3 is 8.98 Å². The molecule has 0 bridgehead atoms. The molecule has 0 saturated heterocycles. The lowest BCUT2D eigenvalue weighted by Gasteiger charge is -2.29. The number of para-hydroxylation sites is 1. The van der Waals surface area contributed by atoms with E-state index in [1.807, 2.05) is 12.1 Å². The summed E-state index contributed by atoms with van der Waals surface area (Å²) in [4.78, 5) is 16.7. The van der Waals surface area contributed by atoms with E-state index in [-0.39, 0.29) is 5.92 Å². The molecule has 11 aromatic carbocycles. The Bertz CT molecular complexity index is 4460. The van der Waals surface area contributed by atoms with Gasteiger partial charge in [0.1, 0.15) is 11.2 Å². The number of aromatic nitrogens is 4. The maximum Gasteiger partial charge on any atom is 0.166 e. The summed E-state index contributed by atoms with van der Waals surface area (Å²) in [5.74, 6) is 1.97. The van der Waals surface area contributed by atoms with Gasteiger partial charge in [0.25, 0.3) is 0 Å². The fourth-order valence-electron chi connectivity index (χ4n) is 11.6. The Morgan fingerprint density at radius 1 is 0.371 bits per heavy atom. The molecule has 3 heterocycles. The number of hydrogen-bond donors (Lipinski definition) is 0. The Kier molecular flexibility index (Phi) is 8.42. The number of fused-ring (bicyclic) bond motifs is 13. The van der Waals surface area contributed by atoms with Crippen LogP contribution in [0.2, 0.25) is 0 Å². The fourth-order valence-corrected chi connectivity index (χ4v) is 11.6. The first-order chi connectivity index (χ1) is 34.7. The molecule has 1 aliphatic carbocycles. The van der Waals surface area contributed by atoms with Crippen LogP contribution in [0.25, 0.3) is 127 Å². The van der Waals surface area contributed by atoms with Crippen molar-refractivity contribution >= 4 is 76.1 Å². The molecule has 5 nitrogen and oxygen atoms in total. The summed E-state index contributed by atoms with van der Waals surface area (Å²) >= 11 is 0. The van der Waals surface area contributed by atoms with E-state index >= 15 is 0 Å². The molecule has 0 unspecified atom stereocenters. The van der Waals surface area contributed by atoms with Crippen molar-refractivity contribution < 1.29 is 4.42 Å². The van der Waals surface area contributed by atoms with Crippen LogP contribution in [0.15, 0.2) is 229 Å². The Balaban J connectivity index is 1.06. The fraction of sp³-hybridized carbons (Fsp3) is 0.0308. The average Bonchev–Trinajstić information content (AvgIpc) is 3.96. The average molecular weight is 893 g/mol. The van der Waals surface area contributed by atoms with Crippen LogP contribution in [0, 0.1) is 0 Å². The summed E-state index contributed by atoms with van der Waals surface area (Å²) < 4.78 is 9.18. The number of furan rings is 1. The zero-order chi connectivity index (χ0) is 45.9. The van der Waals surface area contributed by atoms with Crippen LogP contribution in [0.4, 0.5) is 0 Å². The maximum absolute atomic E-state index is 6.75. The van der Waals surface area contributed by atoms with Gasteiger partial charge >= 0.3 is 0 Å². The minimum atomic E-state index is 0.162. The molecule has 326 valence electrons. The molecule has 1 aliphatic rings. The van der Waals surface area contributed by atoms with Crippen molar-refractivity contribution in [1.82, 2.24) is 19.5 Å². The Labute approximate surface area is 402 Å². The predicted molar refractivity (Wildman–Crippen MR) is 288 cm³/mol. The molecule has 0 amide bonds.